The van der Waals surface area contributed by atoms with Crippen LogP contribution < -0.4 is 15.2 Å². The third-order valence-corrected chi connectivity index (χ3v) is 3.26. The Bertz CT molecular complexity index is 638. The average molecular weight is 270 g/mol. The maximum atomic E-state index is 5.97. The van der Waals surface area contributed by atoms with Crippen LogP contribution in [-0.2, 0) is 13.0 Å². The van der Waals surface area contributed by atoms with Crippen LogP contribution in [0.15, 0.2) is 36.4 Å². The van der Waals surface area contributed by atoms with Gasteiger partial charge in [-0.25, -0.2) is 4.98 Å². The van der Waals surface area contributed by atoms with Gasteiger partial charge in [0.25, 0.3) is 0 Å². The number of para-hydroxylation sites is 1. The Kier molecular flexibility index (Phi) is 3.01. The average Bonchev–Trinajstić information content (AvgIpc) is 2.71. The first-order valence-corrected chi connectivity index (χ1v) is 6.69. The van der Waals surface area contributed by atoms with Crippen LogP contribution in [0, 0.1) is 0 Å². The highest BCUT2D eigenvalue weighted by atomic mass is 16.5. The molecule has 20 heavy (non-hydrogen) atoms. The first-order chi connectivity index (χ1) is 9.53. The summed E-state index contributed by atoms with van der Waals surface area (Å²) in [6, 6.07) is 11.5. The lowest BCUT2D eigenvalue weighted by Gasteiger charge is -2.18. The van der Waals surface area contributed by atoms with Crippen molar-refractivity contribution >= 4 is 5.82 Å². The van der Waals surface area contributed by atoms with Gasteiger partial charge in [-0.3, -0.25) is 0 Å². The summed E-state index contributed by atoms with van der Waals surface area (Å²) in [5, 5.41) is 0. The molecule has 2 aromatic rings. The lowest BCUT2D eigenvalue weighted by atomic mass is 10.0. The van der Waals surface area contributed by atoms with Crippen LogP contribution in [-0.4, -0.2) is 10.6 Å². The van der Waals surface area contributed by atoms with Crippen molar-refractivity contribution in [1.82, 2.24) is 4.98 Å². The zero-order valence-electron chi connectivity index (χ0n) is 11.7. The van der Waals surface area contributed by atoms with Gasteiger partial charge in [0.2, 0.25) is 0 Å². The van der Waals surface area contributed by atoms with E-state index in [0.717, 1.165) is 23.6 Å². The van der Waals surface area contributed by atoms with Crippen molar-refractivity contribution in [1.29, 1.82) is 0 Å². The molecule has 0 aliphatic carbocycles. The van der Waals surface area contributed by atoms with Crippen molar-refractivity contribution in [3.05, 3.63) is 47.7 Å². The molecular weight excluding hydrogens is 252 g/mol. The molecule has 0 amide bonds. The van der Waals surface area contributed by atoms with Crippen molar-refractivity contribution in [2.45, 2.75) is 32.5 Å². The lowest BCUT2D eigenvalue weighted by Crippen LogP contribution is -2.24. The molecule has 0 saturated carbocycles. The molecule has 3 rings (SSSR count). The Morgan fingerprint density at radius 3 is 2.85 bits per heavy atom. The topological polar surface area (TPSA) is 57.4 Å². The number of ether oxygens (including phenoxy) is 2. The van der Waals surface area contributed by atoms with Crippen molar-refractivity contribution in [2.75, 3.05) is 5.73 Å². The molecule has 0 bridgehead atoms. The Labute approximate surface area is 118 Å². The number of hydrogen-bond acceptors (Lipinski definition) is 4. The fourth-order valence-electron chi connectivity index (χ4n) is 2.43. The largest absolute Gasteiger partial charge is 0.483 e. The molecule has 0 fully saturated rings. The van der Waals surface area contributed by atoms with Crippen LogP contribution in [0.5, 0.6) is 11.5 Å². The summed E-state index contributed by atoms with van der Waals surface area (Å²) < 4.78 is 11.8. The minimum Gasteiger partial charge on any atom is -0.483 e. The van der Waals surface area contributed by atoms with E-state index in [1.54, 1.807) is 6.07 Å². The third kappa shape index (κ3) is 2.54. The summed E-state index contributed by atoms with van der Waals surface area (Å²) in [5.74, 6) is 2.11. The summed E-state index contributed by atoms with van der Waals surface area (Å²) in [6.07, 6.45) is 0.899. The molecule has 104 valence electrons. The molecule has 1 aromatic heterocycles. The summed E-state index contributed by atoms with van der Waals surface area (Å²) in [4.78, 5) is 4.22. The molecule has 4 heteroatoms. The van der Waals surface area contributed by atoms with Gasteiger partial charge in [0.1, 0.15) is 18.0 Å². The van der Waals surface area contributed by atoms with Gasteiger partial charge in [0.15, 0.2) is 11.5 Å². The normalized spacial score (nSPS) is 15.5. The maximum Gasteiger partial charge on any atom is 0.165 e. The molecule has 1 aromatic carbocycles. The maximum absolute atomic E-state index is 5.97. The predicted octanol–water partition coefficient (Wildman–Crippen LogP) is 2.96. The zero-order chi connectivity index (χ0) is 14.2. The van der Waals surface area contributed by atoms with E-state index >= 15 is 0 Å². The van der Waals surface area contributed by atoms with Crippen LogP contribution in [0.4, 0.5) is 5.82 Å². The van der Waals surface area contributed by atoms with E-state index < -0.39 is 0 Å². The monoisotopic (exact) mass is 270 g/mol. The fraction of sp³-hybridized carbons (Fsp3) is 0.312. The molecule has 2 N–H and O–H groups in total. The third-order valence-electron chi connectivity index (χ3n) is 3.26. The van der Waals surface area contributed by atoms with Gasteiger partial charge in [-0.1, -0.05) is 18.2 Å². The van der Waals surface area contributed by atoms with Gasteiger partial charge in [-0.15, -0.1) is 0 Å². The predicted molar refractivity (Wildman–Crippen MR) is 77.8 cm³/mol. The van der Waals surface area contributed by atoms with Crippen LogP contribution in [0.25, 0.3) is 0 Å². The minimum atomic E-state index is -0.169. The Balaban J connectivity index is 1.78. The number of aromatic nitrogens is 1. The molecule has 0 radical (unpaired) electrons. The molecule has 0 spiro atoms. The minimum absolute atomic E-state index is 0.169. The van der Waals surface area contributed by atoms with Crippen LogP contribution in [0.1, 0.15) is 25.1 Å². The number of rotatable bonds is 3. The van der Waals surface area contributed by atoms with Crippen molar-refractivity contribution in [3.63, 3.8) is 0 Å². The molecule has 2 heterocycles. The Morgan fingerprint density at radius 2 is 2.05 bits per heavy atom. The summed E-state index contributed by atoms with van der Waals surface area (Å²) in [5.41, 5.74) is 7.49. The van der Waals surface area contributed by atoms with Gasteiger partial charge in [0, 0.05) is 12.0 Å². The van der Waals surface area contributed by atoms with E-state index in [-0.39, 0.29) is 5.60 Å². The first-order valence-electron chi connectivity index (χ1n) is 6.69. The number of nitrogens with two attached hydrogens (primary N) is 1. The van der Waals surface area contributed by atoms with E-state index in [4.69, 9.17) is 15.2 Å². The van der Waals surface area contributed by atoms with E-state index in [2.05, 4.69) is 24.9 Å². The summed E-state index contributed by atoms with van der Waals surface area (Å²) in [7, 11) is 0. The highest BCUT2D eigenvalue weighted by Crippen LogP contribution is 2.41. The molecule has 1 aliphatic heterocycles. The smallest absolute Gasteiger partial charge is 0.165 e. The van der Waals surface area contributed by atoms with Crippen molar-refractivity contribution in [2.24, 2.45) is 0 Å². The van der Waals surface area contributed by atoms with Gasteiger partial charge >= 0.3 is 0 Å². The van der Waals surface area contributed by atoms with E-state index in [0.29, 0.717) is 12.4 Å². The second-order valence-corrected chi connectivity index (χ2v) is 5.63. The Morgan fingerprint density at radius 1 is 1.25 bits per heavy atom. The van der Waals surface area contributed by atoms with Crippen LogP contribution in [0.3, 0.4) is 0 Å². The van der Waals surface area contributed by atoms with Gasteiger partial charge < -0.3 is 15.2 Å². The number of hydrogen-bond donors (Lipinski definition) is 1. The second kappa shape index (κ2) is 4.71. The van der Waals surface area contributed by atoms with E-state index in [1.165, 1.54) is 5.56 Å². The highest BCUT2D eigenvalue weighted by molar-refractivity contribution is 5.50. The van der Waals surface area contributed by atoms with Gasteiger partial charge in [-0.05, 0) is 32.0 Å². The summed E-state index contributed by atoms with van der Waals surface area (Å²) >= 11 is 0. The van der Waals surface area contributed by atoms with Gasteiger partial charge in [-0.2, -0.15) is 0 Å². The van der Waals surface area contributed by atoms with Crippen LogP contribution >= 0.6 is 0 Å². The Hall–Kier alpha value is -2.23. The molecule has 0 atom stereocenters. The van der Waals surface area contributed by atoms with E-state index in [9.17, 15) is 0 Å². The fourth-order valence-corrected chi connectivity index (χ4v) is 2.43. The molecular formula is C16H18N2O2. The quantitative estimate of drug-likeness (QED) is 0.931. The van der Waals surface area contributed by atoms with Gasteiger partial charge in [0.05, 0.1) is 5.69 Å². The zero-order valence-corrected chi connectivity index (χ0v) is 11.7. The SMILES string of the molecule is CC1(C)Cc2cccc(OCc3cccc(N)n3)c2O1. The molecule has 0 unspecified atom stereocenters. The second-order valence-electron chi connectivity index (χ2n) is 5.63. The lowest BCUT2D eigenvalue weighted by molar-refractivity contribution is 0.131. The highest BCUT2D eigenvalue weighted by Gasteiger charge is 2.32. The molecule has 1 aliphatic rings. The number of nitrogen functional groups attached to an aromatic ring is 1. The number of fused-ring (bicyclic) bond motifs is 1. The number of pyridine rings is 1. The number of nitrogens with zero attached hydrogens (tertiary/aromatic N) is 1. The van der Waals surface area contributed by atoms with Crippen molar-refractivity contribution < 1.29 is 9.47 Å². The van der Waals surface area contributed by atoms with Crippen molar-refractivity contribution in [3.8, 4) is 11.5 Å². The standard InChI is InChI=1S/C16H18N2O2/c1-16(2)9-11-5-3-7-13(15(11)20-16)19-10-12-6-4-8-14(17)18-12/h3-8H,9-10H2,1-2H3,(H2,17,18). The molecule has 0 saturated heterocycles. The van der Waals surface area contributed by atoms with E-state index in [1.807, 2.05) is 24.3 Å². The van der Waals surface area contributed by atoms with Crippen LogP contribution in [0.2, 0.25) is 0 Å². The first kappa shape index (κ1) is 12.8. The summed E-state index contributed by atoms with van der Waals surface area (Å²) in [6.45, 7) is 4.54. The number of anilines is 1. The number of benzene rings is 1. The molecule has 4 nitrogen and oxygen atoms in total.